The Morgan fingerprint density at radius 2 is 2.29 bits per heavy atom. The van der Waals surface area contributed by atoms with Gasteiger partial charge in [-0.15, -0.1) is 11.8 Å². The van der Waals surface area contributed by atoms with E-state index in [-0.39, 0.29) is 0 Å². The molecule has 0 saturated heterocycles. The molecule has 1 aromatic heterocycles. The van der Waals surface area contributed by atoms with Crippen molar-refractivity contribution in [1.82, 2.24) is 9.78 Å². The molecule has 6 heteroatoms. The van der Waals surface area contributed by atoms with Crippen LogP contribution in [-0.2, 0) is 0 Å². The van der Waals surface area contributed by atoms with Crippen LogP contribution in [0.2, 0.25) is 0 Å². The van der Waals surface area contributed by atoms with Gasteiger partial charge < -0.3 is 5.11 Å². The monoisotopic (exact) mass is 360 g/mol. The highest BCUT2D eigenvalue weighted by Crippen LogP contribution is 2.26. The van der Waals surface area contributed by atoms with Crippen molar-refractivity contribution in [3.05, 3.63) is 39.7 Å². The van der Waals surface area contributed by atoms with E-state index in [1.165, 1.54) is 11.8 Å². The zero-order valence-electron chi connectivity index (χ0n) is 8.92. The second-order valence-corrected chi connectivity index (χ2v) is 5.36. The van der Waals surface area contributed by atoms with Gasteiger partial charge in [-0.2, -0.15) is 5.10 Å². The molecule has 0 aliphatic rings. The highest BCUT2D eigenvalue weighted by Gasteiger charge is 2.16. The maximum Gasteiger partial charge on any atom is 0.339 e. The van der Waals surface area contributed by atoms with Gasteiger partial charge in [-0.3, -0.25) is 0 Å². The van der Waals surface area contributed by atoms with E-state index in [2.05, 4.69) is 27.7 Å². The first-order valence-electron chi connectivity index (χ1n) is 4.74. The number of carboxylic acids is 1. The van der Waals surface area contributed by atoms with Crippen LogP contribution in [0.4, 0.5) is 0 Å². The molecule has 0 aliphatic heterocycles. The molecule has 0 fully saturated rings. The summed E-state index contributed by atoms with van der Waals surface area (Å²) < 4.78 is 2.55. The van der Waals surface area contributed by atoms with E-state index in [0.29, 0.717) is 11.3 Å². The lowest BCUT2D eigenvalue weighted by atomic mass is 10.2. The molecule has 4 nitrogen and oxygen atoms in total. The van der Waals surface area contributed by atoms with E-state index in [4.69, 9.17) is 0 Å². The Bertz CT molecular complexity index is 568. The van der Waals surface area contributed by atoms with Crippen molar-refractivity contribution in [2.24, 2.45) is 0 Å². The number of hydrogen-bond acceptors (Lipinski definition) is 3. The topological polar surface area (TPSA) is 55.1 Å². The number of hydrogen-bond donors (Lipinski definition) is 1. The minimum Gasteiger partial charge on any atom is -0.478 e. The highest BCUT2D eigenvalue weighted by molar-refractivity contribution is 14.1. The van der Waals surface area contributed by atoms with Crippen LogP contribution in [0, 0.1) is 3.57 Å². The summed E-state index contributed by atoms with van der Waals surface area (Å²) in [5, 5.41) is 13.4. The molecule has 0 bridgehead atoms. The molecule has 2 rings (SSSR count). The van der Waals surface area contributed by atoms with Crippen molar-refractivity contribution >= 4 is 40.3 Å². The smallest absolute Gasteiger partial charge is 0.339 e. The normalized spacial score (nSPS) is 10.5. The number of carboxylic acid groups (broad SMARTS) is 1. The van der Waals surface area contributed by atoms with Crippen molar-refractivity contribution in [3.63, 3.8) is 0 Å². The summed E-state index contributed by atoms with van der Waals surface area (Å²) >= 11 is 3.55. The van der Waals surface area contributed by atoms with Crippen LogP contribution in [-0.4, -0.2) is 27.1 Å². The van der Waals surface area contributed by atoms with Gasteiger partial charge >= 0.3 is 5.97 Å². The molecular formula is C11H9IN2O2S. The average Bonchev–Trinajstić information content (AvgIpc) is 2.74. The molecule has 0 radical (unpaired) electrons. The summed E-state index contributed by atoms with van der Waals surface area (Å²) in [5.74, 6) is -0.935. The van der Waals surface area contributed by atoms with Crippen LogP contribution in [0.3, 0.4) is 0 Å². The van der Waals surface area contributed by atoms with Gasteiger partial charge in [0.2, 0.25) is 0 Å². The Hall–Kier alpha value is -1.02. The summed E-state index contributed by atoms with van der Waals surface area (Å²) in [6.07, 6.45) is 5.35. The SMILES string of the molecule is CSc1cccc(-n2cc(I)cn2)c1C(=O)O. The lowest BCUT2D eigenvalue weighted by Crippen LogP contribution is -2.07. The Morgan fingerprint density at radius 1 is 1.53 bits per heavy atom. The van der Waals surface area contributed by atoms with E-state index in [1.54, 1.807) is 29.2 Å². The van der Waals surface area contributed by atoms with Crippen molar-refractivity contribution in [3.8, 4) is 5.69 Å². The van der Waals surface area contributed by atoms with Crippen molar-refractivity contribution in [2.75, 3.05) is 6.26 Å². The molecule has 0 aliphatic carbocycles. The maximum atomic E-state index is 11.3. The Labute approximate surface area is 116 Å². The summed E-state index contributed by atoms with van der Waals surface area (Å²) in [6, 6.07) is 5.39. The Kier molecular flexibility index (Phi) is 3.72. The maximum absolute atomic E-state index is 11.3. The molecule has 0 saturated carbocycles. The van der Waals surface area contributed by atoms with Crippen LogP contribution in [0.1, 0.15) is 10.4 Å². The molecule has 88 valence electrons. The highest BCUT2D eigenvalue weighted by atomic mass is 127. The van der Waals surface area contributed by atoms with Gasteiger partial charge in [0.1, 0.15) is 0 Å². The zero-order chi connectivity index (χ0) is 12.4. The van der Waals surface area contributed by atoms with Crippen LogP contribution < -0.4 is 0 Å². The van der Waals surface area contributed by atoms with E-state index in [0.717, 1.165) is 8.47 Å². The fourth-order valence-corrected chi connectivity index (χ4v) is 2.53. The molecule has 0 amide bonds. The quantitative estimate of drug-likeness (QED) is 0.676. The number of aromatic carboxylic acids is 1. The predicted molar refractivity (Wildman–Crippen MR) is 75.0 cm³/mol. The summed E-state index contributed by atoms with van der Waals surface area (Å²) in [5.41, 5.74) is 0.881. The predicted octanol–water partition coefficient (Wildman–Crippen LogP) is 2.90. The summed E-state index contributed by atoms with van der Waals surface area (Å²) in [7, 11) is 0. The molecular weight excluding hydrogens is 351 g/mol. The fourth-order valence-electron chi connectivity index (χ4n) is 1.53. The minimum atomic E-state index is -0.935. The van der Waals surface area contributed by atoms with Gasteiger partial charge in [-0.25, -0.2) is 9.48 Å². The number of thioether (sulfide) groups is 1. The Balaban J connectivity index is 2.65. The van der Waals surface area contributed by atoms with E-state index >= 15 is 0 Å². The Morgan fingerprint density at radius 3 is 2.82 bits per heavy atom. The zero-order valence-corrected chi connectivity index (χ0v) is 11.9. The molecule has 1 heterocycles. The molecule has 1 N–H and O–H groups in total. The van der Waals surface area contributed by atoms with Crippen molar-refractivity contribution in [1.29, 1.82) is 0 Å². The van der Waals surface area contributed by atoms with Gasteiger partial charge in [-0.1, -0.05) is 6.07 Å². The number of aromatic nitrogens is 2. The van der Waals surface area contributed by atoms with Gasteiger partial charge in [-0.05, 0) is 41.0 Å². The lowest BCUT2D eigenvalue weighted by Gasteiger charge is -2.09. The van der Waals surface area contributed by atoms with E-state index in [9.17, 15) is 9.90 Å². The first-order valence-corrected chi connectivity index (χ1v) is 7.04. The third-order valence-electron chi connectivity index (χ3n) is 2.24. The van der Waals surface area contributed by atoms with Crippen molar-refractivity contribution < 1.29 is 9.90 Å². The third kappa shape index (κ3) is 2.47. The van der Waals surface area contributed by atoms with Gasteiger partial charge in [0.25, 0.3) is 0 Å². The second-order valence-electron chi connectivity index (χ2n) is 3.26. The minimum absolute atomic E-state index is 0.291. The van der Waals surface area contributed by atoms with Gasteiger partial charge in [0.15, 0.2) is 0 Å². The molecule has 0 atom stereocenters. The lowest BCUT2D eigenvalue weighted by molar-refractivity contribution is 0.0693. The van der Waals surface area contributed by atoms with Gasteiger partial charge in [0, 0.05) is 11.1 Å². The van der Waals surface area contributed by atoms with Crippen LogP contribution in [0.25, 0.3) is 5.69 Å². The number of rotatable bonds is 3. The molecule has 2 aromatic rings. The van der Waals surface area contributed by atoms with Crippen molar-refractivity contribution in [2.45, 2.75) is 4.90 Å². The third-order valence-corrected chi connectivity index (χ3v) is 3.57. The second kappa shape index (κ2) is 5.09. The van der Waals surface area contributed by atoms with Crippen LogP contribution >= 0.6 is 34.4 Å². The standard InChI is InChI=1S/C11H9IN2O2S/c1-17-9-4-2-3-8(10(9)11(15)16)14-6-7(12)5-13-14/h2-6H,1H3,(H,15,16). The first kappa shape index (κ1) is 12.4. The molecule has 17 heavy (non-hydrogen) atoms. The number of benzene rings is 1. The van der Waals surface area contributed by atoms with E-state index in [1.807, 2.05) is 12.3 Å². The van der Waals surface area contributed by atoms with Crippen LogP contribution in [0.15, 0.2) is 35.5 Å². The van der Waals surface area contributed by atoms with E-state index < -0.39 is 5.97 Å². The number of halogens is 1. The largest absolute Gasteiger partial charge is 0.478 e. The molecule has 0 spiro atoms. The van der Waals surface area contributed by atoms with Gasteiger partial charge in [0.05, 0.1) is 21.0 Å². The first-order chi connectivity index (χ1) is 8.13. The average molecular weight is 360 g/mol. The number of carbonyl (C=O) groups is 1. The molecule has 0 unspecified atom stereocenters. The van der Waals surface area contributed by atoms with Crippen LogP contribution in [0.5, 0.6) is 0 Å². The summed E-state index contributed by atoms with van der Waals surface area (Å²) in [4.78, 5) is 12.1. The summed E-state index contributed by atoms with van der Waals surface area (Å²) in [6.45, 7) is 0. The fraction of sp³-hybridized carbons (Fsp3) is 0.0909. The molecule has 1 aromatic carbocycles. The number of nitrogens with zero attached hydrogens (tertiary/aromatic N) is 2.